The van der Waals surface area contributed by atoms with E-state index in [-0.39, 0.29) is 24.0 Å². The molecule has 0 aliphatic carbocycles. The number of piperidine rings is 1. The maximum absolute atomic E-state index is 12.7. The van der Waals surface area contributed by atoms with Gasteiger partial charge < -0.3 is 24.7 Å². The summed E-state index contributed by atoms with van der Waals surface area (Å²) in [6, 6.07) is 25.3. The predicted molar refractivity (Wildman–Crippen MR) is 182 cm³/mol. The van der Waals surface area contributed by atoms with Gasteiger partial charge in [0.1, 0.15) is 6.10 Å². The maximum Gasteiger partial charge on any atom is 0.411 e. The third-order valence-electron chi connectivity index (χ3n) is 8.95. The lowest BCUT2D eigenvalue weighted by Gasteiger charge is -2.31. The lowest BCUT2D eigenvalue weighted by atomic mass is 10.0. The zero-order valence-electron chi connectivity index (χ0n) is 26.5. The largest absolute Gasteiger partial charge is 0.494 e. The lowest BCUT2D eigenvalue weighted by molar-refractivity contribution is 0.0584. The van der Waals surface area contributed by atoms with Crippen molar-refractivity contribution in [1.29, 1.82) is 0 Å². The van der Waals surface area contributed by atoms with E-state index in [0.717, 1.165) is 68.8 Å². The zero-order valence-corrected chi connectivity index (χ0v) is 26.5. The fourth-order valence-corrected chi connectivity index (χ4v) is 6.29. The van der Waals surface area contributed by atoms with Crippen LogP contribution in [0.4, 0.5) is 10.5 Å². The first-order valence-corrected chi connectivity index (χ1v) is 16.5. The number of amides is 1. The van der Waals surface area contributed by atoms with Crippen molar-refractivity contribution in [3.63, 3.8) is 0 Å². The molecule has 0 unspecified atom stereocenters. The van der Waals surface area contributed by atoms with E-state index in [0.29, 0.717) is 17.3 Å². The van der Waals surface area contributed by atoms with Gasteiger partial charge in [-0.3, -0.25) is 9.88 Å². The molecule has 45 heavy (non-hydrogen) atoms. The van der Waals surface area contributed by atoms with Gasteiger partial charge in [-0.25, -0.2) is 4.79 Å². The van der Waals surface area contributed by atoms with E-state index in [4.69, 9.17) is 4.74 Å². The Hall–Kier alpha value is -4.01. The lowest BCUT2D eigenvalue weighted by Crippen LogP contribution is -2.38. The van der Waals surface area contributed by atoms with Gasteiger partial charge in [0.2, 0.25) is 11.8 Å². The molecule has 1 saturated heterocycles. The Morgan fingerprint density at radius 3 is 2.09 bits per heavy atom. The number of aromatic hydroxyl groups is 2. The van der Waals surface area contributed by atoms with Gasteiger partial charge in [0.15, 0.2) is 0 Å². The molecule has 3 aromatic carbocycles. The summed E-state index contributed by atoms with van der Waals surface area (Å²) < 4.78 is 7.39. The van der Waals surface area contributed by atoms with E-state index in [9.17, 15) is 15.0 Å². The van der Waals surface area contributed by atoms with E-state index in [2.05, 4.69) is 22.2 Å². The van der Waals surface area contributed by atoms with Crippen molar-refractivity contribution in [1.82, 2.24) is 14.4 Å². The van der Waals surface area contributed by atoms with Crippen LogP contribution in [0, 0.1) is 0 Å². The van der Waals surface area contributed by atoms with E-state index in [1.165, 1.54) is 32.1 Å². The van der Waals surface area contributed by atoms with Crippen LogP contribution >= 0.6 is 0 Å². The van der Waals surface area contributed by atoms with Gasteiger partial charge in [-0.1, -0.05) is 86.3 Å². The highest BCUT2D eigenvalue weighted by atomic mass is 16.6. The second kappa shape index (κ2) is 16.3. The van der Waals surface area contributed by atoms with Crippen LogP contribution < -0.4 is 5.32 Å². The number of fused-ring (bicyclic) bond motifs is 1. The molecule has 1 aliphatic rings. The highest BCUT2D eigenvalue weighted by Gasteiger charge is 2.22. The molecule has 0 radical (unpaired) electrons. The van der Waals surface area contributed by atoms with Crippen LogP contribution in [0.2, 0.25) is 0 Å². The van der Waals surface area contributed by atoms with Gasteiger partial charge in [0.25, 0.3) is 0 Å². The van der Waals surface area contributed by atoms with Crippen molar-refractivity contribution in [2.75, 3.05) is 45.1 Å². The maximum atomic E-state index is 12.7. The molecule has 0 bridgehead atoms. The summed E-state index contributed by atoms with van der Waals surface area (Å²) in [5.74, 6) is 0.275. The molecule has 3 N–H and O–H groups in total. The minimum Gasteiger partial charge on any atom is -0.494 e. The van der Waals surface area contributed by atoms with Gasteiger partial charge >= 0.3 is 6.09 Å². The van der Waals surface area contributed by atoms with Crippen molar-refractivity contribution in [2.45, 2.75) is 64.0 Å². The third-order valence-corrected chi connectivity index (χ3v) is 8.95. The van der Waals surface area contributed by atoms with Crippen molar-refractivity contribution in [2.24, 2.45) is 0 Å². The minimum absolute atomic E-state index is 0.0393. The number of benzene rings is 3. The highest BCUT2D eigenvalue weighted by Crippen LogP contribution is 2.35. The summed E-state index contributed by atoms with van der Waals surface area (Å²) in [5.41, 5.74) is 2.81. The van der Waals surface area contributed by atoms with Crippen LogP contribution in [0.3, 0.4) is 0 Å². The average molecular weight is 613 g/mol. The number of para-hydroxylation sites is 1. The first kappa shape index (κ1) is 32.4. The third kappa shape index (κ3) is 9.02. The molecule has 0 spiro atoms. The predicted octanol–water partition coefficient (Wildman–Crippen LogP) is 7.71. The van der Waals surface area contributed by atoms with Gasteiger partial charge in [-0.2, -0.15) is 0 Å². The van der Waals surface area contributed by atoms with E-state index < -0.39 is 0 Å². The van der Waals surface area contributed by atoms with Gasteiger partial charge in [-0.05, 0) is 69.6 Å². The summed E-state index contributed by atoms with van der Waals surface area (Å²) in [6.45, 7) is 5.40. The van der Waals surface area contributed by atoms with Crippen molar-refractivity contribution in [3.05, 3.63) is 78.9 Å². The molecule has 1 fully saturated rings. The van der Waals surface area contributed by atoms with Crippen LogP contribution in [0.15, 0.2) is 78.9 Å². The number of hydrogen-bond acceptors (Lipinski definition) is 6. The molecule has 0 atom stereocenters. The molecule has 1 aliphatic heterocycles. The van der Waals surface area contributed by atoms with Crippen LogP contribution in [0.25, 0.3) is 21.9 Å². The molecule has 1 amide bonds. The number of likely N-dealkylation sites (tertiary alicyclic amines) is 1. The Balaban J connectivity index is 0.892. The van der Waals surface area contributed by atoms with Gasteiger partial charge in [0, 0.05) is 42.5 Å². The van der Waals surface area contributed by atoms with Crippen molar-refractivity contribution < 1.29 is 19.7 Å². The number of unbranched alkanes of at least 4 members (excludes halogenated alkanes) is 5. The smallest absolute Gasteiger partial charge is 0.411 e. The number of hydrogen-bond donors (Lipinski definition) is 3. The number of ether oxygens (including phenoxy) is 1. The second-order valence-electron chi connectivity index (χ2n) is 12.3. The average Bonchev–Trinajstić information content (AvgIpc) is 3.31. The number of aromatic nitrogens is 1. The van der Waals surface area contributed by atoms with Crippen molar-refractivity contribution in [3.8, 4) is 22.9 Å². The van der Waals surface area contributed by atoms with Crippen LogP contribution in [-0.2, 0) is 11.3 Å². The number of carbonyl (C=O) groups is 1. The standard InChI is InChI=1S/C37H48N4O4/c1-39(27-28-41-35(42)32-18-9-10-19-33(32)36(41)43)23-13-4-2-3-5-14-24-40-25-21-30(22-26-40)45-37(44)38-34-20-12-11-17-31(34)29-15-7-6-8-16-29/h6-12,15-20,30,42-43H,2-5,13-14,21-28H2,1H3,(H,38,44). The fourth-order valence-electron chi connectivity index (χ4n) is 6.29. The molecule has 0 saturated carbocycles. The Morgan fingerprint density at radius 2 is 1.38 bits per heavy atom. The first-order valence-electron chi connectivity index (χ1n) is 16.5. The summed E-state index contributed by atoms with van der Waals surface area (Å²) in [6.07, 6.45) is 8.66. The number of carbonyl (C=O) groups excluding carboxylic acids is 1. The van der Waals surface area contributed by atoms with E-state index in [1.807, 2.05) is 78.9 Å². The number of nitrogens with zero attached hydrogens (tertiary/aromatic N) is 3. The number of anilines is 1. The zero-order chi connectivity index (χ0) is 31.4. The number of rotatable bonds is 15. The summed E-state index contributed by atoms with van der Waals surface area (Å²) >= 11 is 0. The van der Waals surface area contributed by atoms with E-state index >= 15 is 0 Å². The molecule has 8 heteroatoms. The number of likely N-dealkylation sites (N-methyl/N-ethyl adjacent to an activating group) is 1. The fraction of sp³-hybridized carbons (Fsp3) is 0.432. The first-order chi connectivity index (χ1) is 22.0. The van der Waals surface area contributed by atoms with Crippen LogP contribution in [0.5, 0.6) is 11.8 Å². The number of nitrogens with one attached hydrogen (secondary N) is 1. The van der Waals surface area contributed by atoms with Gasteiger partial charge in [-0.15, -0.1) is 0 Å². The molecule has 240 valence electrons. The Labute approximate surface area is 267 Å². The summed E-state index contributed by atoms with van der Waals surface area (Å²) in [7, 11) is 2.10. The molecule has 4 aromatic rings. The monoisotopic (exact) mass is 612 g/mol. The molecular formula is C37H48N4O4. The Kier molecular flexibility index (Phi) is 11.8. The quantitative estimate of drug-likeness (QED) is 0.119. The van der Waals surface area contributed by atoms with Gasteiger partial charge in [0.05, 0.1) is 5.69 Å². The molecular weight excluding hydrogens is 564 g/mol. The summed E-state index contributed by atoms with van der Waals surface area (Å²) in [5, 5.41) is 25.3. The molecule has 2 heterocycles. The minimum atomic E-state index is -0.379. The second-order valence-corrected chi connectivity index (χ2v) is 12.3. The molecule has 8 nitrogen and oxygen atoms in total. The molecule has 1 aromatic heterocycles. The van der Waals surface area contributed by atoms with E-state index in [1.54, 1.807) is 4.57 Å². The Bertz CT molecular complexity index is 1460. The SMILES string of the molecule is CN(CCCCCCCCN1CCC(OC(=O)Nc2ccccc2-c2ccccc2)CC1)CCn1c(O)c2ccccc2c1O. The topological polar surface area (TPSA) is 90.2 Å². The van der Waals surface area contributed by atoms with Crippen LogP contribution in [0.1, 0.15) is 51.4 Å². The summed E-state index contributed by atoms with van der Waals surface area (Å²) in [4.78, 5) is 17.4. The Morgan fingerprint density at radius 1 is 0.778 bits per heavy atom. The highest BCUT2D eigenvalue weighted by molar-refractivity contribution is 5.93. The normalized spacial score (nSPS) is 14.3. The molecule has 5 rings (SSSR count). The van der Waals surface area contributed by atoms with Crippen LogP contribution in [-0.4, -0.2) is 76.5 Å². The van der Waals surface area contributed by atoms with Crippen molar-refractivity contribution >= 4 is 22.6 Å².